The highest BCUT2D eigenvalue weighted by atomic mass is 16.5. The first-order valence-electron chi connectivity index (χ1n) is 8.90. The average molecular weight is 358 g/mol. The Labute approximate surface area is 153 Å². The van der Waals surface area contributed by atoms with Gasteiger partial charge in [0.2, 0.25) is 0 Å². The summed E-state index contributed by atoms with van der Waals surface area (Å²) in [5.41, 5.74) is 0.911. The first-order valence-corrected chi connectivity index (χ1v) is 8.90. The fourth-order valence-corrected chi connectivity index (χ4v) is 2.88. The molecule has 0 atom stereocenters. The van der Waals surface area contributed by atoms with Gasteiger partial charge < -0.3 is 24.7 Å². The topological polar surface area (TPSA) is 85.6 Å². The van der Waals surface area contributed by atoms with Crippen LogP contribution in [0, 0.1) is 0 Å². The zero-order chi connectivity index (χ0) is 18.2. The molecule has 0 bridgehead atoms. The second kappa shape index (κ2) is 9.19. The Morgan fingerprint density at radius 2 is 2.23 bits per heavy atom. The quantitative estimate of drug-likeness (QED) is 0.425. The van der Waals surface area contributed by atoms with Gasteiger partial charge in [-0.05, 0) is 18.6 Å². The number of benzene rings is 1. The van der Waals surface area contributed by atoms with Crippen LogP contribution in [0.15, 0.2) is 29.3 Å². The van der Waals surface area contributed by atoms with Gasteiger partial charge in [-0.25, -0.2) is 0 Å². The minimum atomic E-state index is 0.583. The van der Waals surface area contributed by atoms with E-state index in [0.717, 1.165) is 48.9 Å². The average Bonchev–Trinajstić information content (AvgIpc) is 3.27. The third-order valence-electron chi connectivity index (χ3n) is 4.18. The molecule has 0 saturated heterocycles. The number of aliphatic imine (C=N–C) groups is 1. The van der Waals surface area contributed by atoms with E-state index in [-0.39, 0.29) is 0 Å². The third-order valence-corrected chi connectivity index (χ3v) is 4.18. The van der Waals surface area contributed by atoms with E-state index in [9.17, 15) is 0 Å². The summed E-state index contributed by atoms with van der Waals surface area (Å²) in [4.78, 5) is 4.27. The first-order chi connectivity index (χ1) is 12.8. The van der Waals surface area contributed by atoms with Crippen molar-refractivity contribution >= 4 is 11.6 Å². The minimum Gasteiger partial charge on any atom is -0.493 e. The summed E-state index contributed by atoms with van der Waals surface area (Å²) in [5.74, 6) is 3.51. The molecule has 140 valence electrons. The number of hydrogen-bond donors (Lipinski definition) is 2. The maximum absolute atomic E-state index is 5.73. The predicted molar refractivity (Wildman–Crippen MR) is 101 cm³/mol. The van der Waals surface area contributed by atoms with E-state index in [1.54, 1.807) is 14.2 Å². The SMILES string of the molecule is CN=C(NCc1nnc2n1CCC2)Nc1cccc(OCCCOC)c1. The number of nitrogens with one attached hydrogen (secondary N) is 2. The molecular formula is C18H26N6O2. The zero-order valence-corrected chi connectivity index (χ0v) is 15.4. The maximum atomic E-state index is 5.73. The molecule has 0 radical (unpaired) electrons. The number of rotatable bonds is 8. The molecule has 2 aromatic rings. The largest absolute Gasteiger partial charge is 0.493 e. The van der Waals surface area contributed by atoms with Gasteiger partial charge in [0.25, 0.3) is 0 Å². The van der Waals surface area contributed by atoms with Crippen LogP contribution in [-0.2, 0) is 24.2 Å². The number of guanidine groups is 1. The number of nitrogens with zero attached hydrogens (tertiary/aromatic N) is 4. The highest BCUT2D eigenvalue weighted by molar-refractivity contribution is 5.93. The zero-order valence-electron chi connectivity index (χ0n) is 15.4. The van der Waals surface area contributed by atoms with Gasteiger partial charge in [-0.1, -0.05) is 6.07 Å². The molecule has 0 aliphatic carbocycles. The van der Waals surface area contributed by atoms with Crippen LogP contribution in [0.5, 0.6) is 5.75 Å². The molecule has 1 aliphatic heterocycles. The summed E-state index contributed by atoms with van der Waals surface area (Å²) >= 11 is 0. The molecule has 0 saturated carbocycles. The number of hydrogen-bond acceptors (Lipinski definition) is 5. The Hall–Kier alpha value is -2.61. The van der Waals surface area contributed by atoms with Gasteiger partial charge in [-0.3, -0.25) is 4.99 Å². The van der Waals surface area contributed by atoms with Crippen LogP contribution in [0.25, 0.3) is 0 Å². The van der Waals surface area contributed by atoms with Gasteiger partial charge >= 0.3 is 0 Å². The van der Waals surface area contributed by atoms with Crippen LogP contribution in [0.4, 0.5) is 5.69 Å². The first kappa shape index (κ1) is 18.2. The lowest BCUT2D eigenvalue weighted by Crippen LogP contribution is -2.31. The van der Waals surface area contributed by atoms with Crippen molar-refractivity contribution in [3.8, 4) is 5.75 Å². The number of ether oxygens (including phenoxy) is 2. The van der Waals surface area contributed by atoms with E-state index in [4.69, 9.17) is 9.47 Å². The van der Waals surface area contributed by atoms with Gasteiger partial charge in [0.1, 0.15) is 11.6 Å². The van der Waals surface area contributed by atoms with Crippen molar-refractivity contribution in [1.82, 2.24) is 20.1 Å². The molecule has 8 nitrogen and oxygen atoms in total. The van der Waals surface area contributed by atoms with Gasteiger partial charge in [0, 0.05) is 51.9 Å². The van der Waals surface area contributed by atoms with E-state index in [0.29, 0.717) is 25.7 Å². The maximum Gasteiger partial charge on any atom is 0.195 e. The van der Waals surface area contributed by atoms with E-state index >= 15 is 0 Å². The smallest absolute Gasteiger partial charge is 0.195 e. The standard InChI is InChI=1S/C18H26N6O2/c1-19-18(20-13-17-23-22-16-8-4-9-24(16)17)21-14-6-3-7-15(12-14)26-11-5-10-25-2/h3,6-7,12H,4-5,8-11,13H2,1-2H3,(H2,19,20,21). The van der Waals surface area contributed by atoms with Crippen LogP contribution in [0.1, 0.15) is 24.5 Å². The Kier molecular flexibility index (Phi) is 6.43. The molecule has 1 aliphatic rings. The highest BCUT2D eigenvalue weighted by Crippen LogP contribution is 2.18. The lowest BCUT2D eigenvalue weighted by molar-refractivity contribution is 0.172. The predicted octanol–water partition coefficient (Wildman–Crippen LogP) is 1.83. The molecule has 0 amide bonds. The van der Waals surface area contributed by atoms with Crippen molar-refractivity contribution in [2.75, 3.05) is 32.7 Å². The van der Waals surface area contributed by atoms with Crippen molar-refractivity contribution in [2.45, 2.75) is 32.4 Å². The lowest BCUT2D eigenvalue weighted by atomic mass is 10.3. The number of fused-ring (bicyclic) bond motifs is 1. The fraction of sp³-hybridized carbons (Fsp3) is 0.500. The molecule has 3 rings (SSSR count). The van der Waals surface area contributed by atoms with Crippen LogP contribution in [0.2, 0.25) is 0 Å². The van der Waals surface area contributed by atoms with Gasteiger partial charge in [0.15, 0.2) is 11.8 Å². The van der Waals surface area contributed by atoms with Crippen LogP contribution in [0.3, 0.4) is 0 Å². The van der Waals surface area contributed by atoms with Gasteiger partial charge in [-0.2, -0.15) is 0 Å². The number of methoxy groups -OCH3 is 1. The lowest BCUT2D eigenvalue weighted by Gasteiger charge is -2.13. The van der Waals surface area contributed by atoms with E-state index in [1.165, 1.54) is 0 Å². The molecule has 8 heteroatoms. The normalized spacial score (nSPS) is 13.5. The van der Waals surface area contributed by atoms with Crippen molar-refractivity contribution in [3.05, 3.63) is 35.9 Å². The molecule has 1 aromatic heterocycles. The summed E-state index contributed by atoms with van der Waals surface area (Å²) in [6.07, 6.45) is 3.01. The fourth-order valence-electron chi connectivity index (χ4n) is 2.88. The summed E-state index contributed by atoms with van der Waals surface area (Å²) in [6, 6.07) is 7.82. The van der Waals surface area contributed by atoms with Gasteiger partial charge in [-0.15, -0.1) is 10.2 Å². The van der Waals surface area contributed by atoms with Crippen molar-refractivity contribution in [2.24, 2.45) is 4.99 Å². The van der Waals surface area contributed by atoms with Crippen LogP contribution in [-0.4, -0.2) is 48.1 Å². The molecule has 2 N–H and O–H groups in total. The molecule has 0 fully saturated rings. The van der Waals surface area contributed by atoms with E-state index in [1.807, 2.05) is 24.3 Å². The highest BCUT2D eigenvalue weighted by Gasteiger charge is 2.17. The second-order valence-electron chi connectivity index (χ2n) is 6.06. The molecule has 1 aromatic carbocycles. The van der Waals surface area contributed by atoms with Crippen LogP contribution < -0.4 is 15.4 Å². The number of aryl methyl sites for hydroxylation is 1. The summed E-state index contributed by atoms with van der Waals surface area (Å²) in [5, 5.41) is 15.0. The summed E-state index contributed by atoms with van der Waals surface area (Å²) < 4.78 is 12.9. The van der Waals surface area contributed by atoms with E-state index in [2.05, 4.69) is 30.4 Å². The molecule has 0 spiro atoms. The molecule has 0 unspecified atom stereocenters. The molecular weight excluding hydrogens is 332 g/mol. The van der Waals surface area contributed by atoms with Crippen molar-refractivity contribution in [3.63, 3.8) is 0 Å². The third kappa shape index (κ3) is 4.72. The minimum absolute atomic E-state index is 0.583. The second-order valence-corrected chi connectivity index (χ2v) is 6.06. The number of aromatic nitrogens is 3. The van der Waals surface area contributed by atoms with Crippen LogP contribution >= 0.6 is 0 Å². The summed E-state index contributed by atoms with van der Waals surface area (Å²) in [6.45, 7) is 2.90. The molecule has 2 heterocycles. The monoisotopic (exact) mass is 358 g/mol. The Bertz CT molecular complexity index is 743. The van der Waals surface area contributed by atoms with E-state index < -0.39 is 0 Å². The van der Waals surface area contributed by atoms with Crippen molar-refractivity contribution in [1.29, 1.82) is 0 Å². The Balaban J connectivity index is 1.53. The Morgan fingerprint density at radius 1 is 1.31 bits per heavy atom. The van der Waals surface area contributed by atoms with Crippen molar-refractivity contribution < 1.29 is 9.47 Å². The number of anilines is 1. The Morgan fingerprint density at radius 3 is 3.08 bits per heavy atom. The summed E-state index contributed by atoms with van der Waals surface area (Å²) in [7, 11) is 3.44. The molecule has 26 heavy (non-hydrogen) atoms. The van der Waals surface area contributed by atoms with Gasteiger partial charge in [0.05, 0.1) is 13.2 Å².